The van der Waals surface area contributed by atoms with Crippen LogP contribution in [0.2, 0.25) is 0 Å². The fourth-order valence-corrected chi connectivity index (χ4v) is 11.7. The summed E-state index contributed by atoms with van der Waals surface area (Å²) in [6.45, 7) is 0. The first-order valence-corrected chi connectivity index (χ1v) is 24.2. The Hall–Kier alpha value is -8.20. The lowest BCUT2D eigenvalue weighted by Gasteiger charge is -2.19. The van der Waals surface area contributed by atoms with Gasteiger partial charge in [0.2, 0.25) is 0 Å². The summed E-state index contributed by atoms with van der Waals surface area (Å²) in [5, 5.41) is 8.97. The van der Waals surface area contributed by atoms with Crippen LogP contribution in [0.4, 0.5) is 13.2 Å². The van der Waals surface area contributed by atoms with Gasteiger partial charge in [0, 0.05) is 58.2 Å². The lowest BCUT2D eigenvalue weighted by atomic mass is 9.83. The molecule has 0 bridgehead atoms. The van der Waals surface area contributed by atoms with E-state index in [-0.39, 0.29) is 5.82 Å². The highest BCUT2D eigenvalue weighted by Crippen LogP contribution is 2.52. The van der Waals surface area contributed by atoms with E-state index in [0.29, 0.717) is 22.3 Å². The van der Waals surface area contributed by atoms with Crippen LogP contribution >= 0.6 is 22.6 Å². The van der Waals surface area contributed by atoms with Gasteiger partial charge >= 0.3 is 0 Å². The van der Waals surface area contributed by atoms with Crippen molar-refractivity contribution in [3.8, 4) is 66.8 Å². The van der Waals surface area contributed by atoms with Crippen LogP contribution in [0.25, 0.3) is 143 Å². The molecule has 330 valence electrons. The number of nitrogens with one attached hydrogen (secondary N) is 1. The first-order valence-electron chi connectivity index (χ1n) is 23.1. The van der Waals surface area contributed by atoms with Gasteiger partial charge in [0.25, 0.3) is 0 Å². The highest BCUT2D eigenvalue weighted by molar-refractivity contribution is 14.1. The fourth-order valence-electron chi connectivity index (χ4n) is 11.1. The molecule has 0 aliphatic rings. The zero-order valence-electron chi connectivity index (χ0n) is 37.1. The van der Waals surface area contributed by atoms with Crippen molar-refractivity contribution in [1.29, 1.82) is 0 Å². The van der Waals surface area contributed by atoms with Crippen LogP contribution in [-0.4, -0.2) is 4.98 Å². The van der Waals surface area contributed by atoms with Crippen molar-refractivity contribution in [2.45, 2.75) is 0 Å². The Balaban J connectivity index is 1.18. The first-order chi connectivity index (χ1) is 34.3. The molecule has 0 aliphatic heterocycles. The third kappa shape index (κ3) is 6.40. The largest absolute Gasteiger partial charge is 0.455 e. The number of benzene rings is 12. The van der Waals surface area contributed by atoms with Gasteiger partial charge in [0.05, 0.1) is 5.52 Å². The van der Waals surface area contributed by atoms with E-state index < -0.39 is 11.6 Å². The minimum absolute atomic E-state index is 0.333. The standard InChI is InChI=1S/C64H35F3INO/c65-41-21-39(22-42(66)25-41)48-30-58-62-54(32-56-52-28-46(36-15-7-2-8-16-36)50(34-60(52)70-64(56)58)38-19-11-4-12-20-38)47(40-23-43(67)26-44(68)24-40)29-57-61(62)53(48)31-55-51-27-45(35-13-5-1-6-14-35)49(33-59(51)69-63(55)57)37-17-9-3-10-18-37/h1-34,69H. The van der Waals surface area contributed by atoms with E-state index in [4.69, 9.17) is 4.42 Å². The molecule has 0 fully saturated rings. The molecule has 70 heavy (non-hydrogen) atoms. The van der Waals surface area contributed by atoms with Gasteiger partial charge in [0.1, 0.15) is 28.6 Å². The number of H-pyrrole nitrogens is 1. The number of hydrogen-bond donors (Lipinski definition) is 1. The Labute approximate surface area is 412 Å². The van der Waals surface area contributed by atoms with Crippen molar-refractivity contribution in [3.05, 3.63) is 227 Å². The van der Waals surface area contributed by atoms with Crippen molar-refractivity contribution < 1.29 is 17.6 Å². The molecular formula is C64H35F3INO. The quantitative estimate of drug-likeness (QED) is 0.131. The average Bonchev–Trinajstić information content (AvgIpc) is 3.94. The zero-order valence-corrected chi connectivity index (χ0v) is 39.2. The van der Waals surface area contributed by atoms with Crippen LogP contribution in [0.15, 0.2) is 211 Å². The van der Waals surface area contributed by atoms with Crippen LogP contribution in [0.1, 0.15) is 0 Å². The van der Waals surface area contributed by atoms with Crippen LogP contribution in [0.3, 0.4) is 0 Å². The molecule has 2 heterocycles. The van der Waals surface area contributed by atoms with E-state index in [0.717, 1.165) is 130 Å². The number of rotatable bonds is 6. The molecular weight excluding hydrogens is 983 g/mol. The summed E-state index contributed by atoms with van der Waals surface area (Å²) in [4.78, 5) is 3.88. The Kier molecular flexibility index (Phi) is 9.14. The fraction of sp³-hybridized carbons (Fsp3) is 0. The van der Waals surface area contributed by atoms with Gasteiger partial charge in [0.15, 0.2) is 0 Å². The van der Waals surface area contributed by atoms with E-state index in [1.165, 1.54) is 18.2 Å². The minimum Gasteiger partial charge on any atom is -0.455 e. The maximum absolute atomic E-state index is 15.7. The topological polar surface area (TPSA) is 28.9 Å². The molecule has 0 atom stereocenters. The van der Waals surface area contributed by atoms with Crippen LogP contribution in [0.5, 0.6) is 0 Å². The Bertz CT molecular complexity index is 4100. The zero-order chi connectivity index (χ0) is 46.8. The lowest BCUT2D eigenvalue weighted by Crippen LogP contribution is -1.94. The van der Waals surface area contributed by atoms with Crippen molar-refractivity contribution in [3.63, 3.8) is 0 Å². The molecule has 12 aromatic carbocycles. The Morgan fingerprint density at radius 1 is 0.329 bits per heavy atom. The molecule has 2 nitrogen and oxygen atoms in total. The van der Waals surface area contributed by atoms with Crippen molar-refractivity contribution in [2.24, 2.45) is 0 Å². The summed E-state index contributed by atoms with van der Waals surface area (Å²) >= 11 is 2.19. The highest BCUT2D eigenvalue weighted by Gasteiger charge is 2.26. The monoisotopic (exact) mass is 1020 g/mol. The average molecular weight is 1020 g/mol. The Morgan fingerprint density at radius 3 is 1.33 bits per heavy atom. The maximum atomic E-state index is 15.7. The van der Waals surface area contributed by atoms with Crippen LogP contribution in [0, 0.1) is 21.0 Å². The minimum atomic E-state index is -0.669. The summed E-state index contributed by atoms with van der Waals surface area (Å²) in [6, 6.07) is 67.7. The SMILES string of the molecule is Fc1cc(F)cc(-c2cc3c4oc5cc(-c6ccccc6)c(-c6ccccc6)cc5c4cc4c(-c5cc(F)cc(I)c5)cc5c6[nH]c7cc(-c8ccccc8)c(-c8ccccc8)cc7c6cc2c5c43)c1. The first kappa shape index (κ1) is 40.8. The molecule has 0 spiro atoms. The molecule has 0 aliphatic carbocycles. The molecule has 2 aromatic heterocycles. The number of aromatic nitrogens is 1. The van der Waals surface area contributed by atoms with E-state index in [1.54, 1.807) is 6.07 Å². The third-order valence-electron chi connectivity index (χ3n) is 14.1. The van der Waals surface area contributed by atoms with Gasteiger partial charge in [-0.15, -0.1) is 0 Å². The summed E-state index contributed by atoms with van der Waals surface area (Å²) < 4.78 is 54.7. The number of aromatic amines is 1. The van der Waals surface area contributed by atoms with Gasteiger partial charge < -0.3 is 9.40 Å². The second-order valence-electron chi connectivity index (χ2n) is 18.2. The second-order valence-corrected chi connectivity index (χ2v) is 19.4. The molecule has 14 aromatic rings. The summed E-state index contributed by atoms with van der Waals surface area (Å²) in [7, 11) is 0. The van der Waals surface area contributed by atoms with E-state index in [9.17, 15) is 0 Å². The van der Waals surface area contributed by atoms with Crippen molar-refractivity contribution in [2.75, 3.05) is 0 Å². The number of fused-ring (bicyclic) bond motifs is 8. The smallest absolute Gasteiger partial charge is 0.143 e. The van der Waals surface area contributed by atoms with Crippen LogP contribution in [-0.2, 0) is 0 Å². The van der Waals surface area contributed by atoms with E-state index in [2.05, 4.69) is 143 Å². The molecule has 0 amide bonds. The predicted octanol–water partition coefficient (Wildman–Crippen LogP) is 19.1. The predicted molar refractivity (Wildman–Crippen MR) is 292 cm³/mol. The van der Waals surface area contributed by atoms with Gasteiger partial charge in [-0.25, -0.2) is 13.2 Å². The summed E-state index contributed by atoms with van der Waals surface area (Å²) in [5.41, 5.74) is 14.3. The second kappa shape index (κ2) is 15.7. The number of hydrogen-bond acceptors (Lipinski definition) is 1. The van der Waals surface area contributed by atoms with Crippen molar-refractivity contribution in [1.82, 2.24) is 4.98 Å². The van der Waals surface area contributed by atoms with E-state index in [1.807, 2.05) is 60.7 Å². The summed E-state index contributed by atoms with van der Waals surface area (Å²) in [6.07, 6.45) is 0. The lowest BCUT2D eigenvalue weighted by molar-refractivity contribution is 0.584. The van der Waals surface area contributed by atoms with Gasteiger partial charge in [-0.3, -0.25) is 0 Å². The van der Waals surface area contributed by atoms with Crippen molar-refractivity contribution >= 4 is 98.7 Å². The molecule has 1 N–H and O–H groups in total. The molecule has 0 saturated heterocycles. The highest BCUT2D eigenvalue weighted by atomic mass is 127. The summed E-state index contributed by atoms with van der Waals surface area (Å²) in [5.74, 6) is -1.67. The normalized spacial score (nSPS) is 12.0. The van der Waals surface area contributed by atoms with Gasteiger partial charge in [-0.05, 0) is 179 Å². The molecule has 0 radical (unpaired) electrons. The molecule has 6 heteroatoms. The third-order valence-corrected chi connectivity index (χ3v) is 14.7. The maximum Gasteiger partial charge on any atom is 0.143 e. The van der Waals surface area contributed by atoms with E-state index >= 15 is 13.2 Å². The van der Waals surface area contributed by atoms with Crippen LogP contribution < -0.4 is 0 Å². The molecule has 14 rings (SSSR count). The number of halogens is 4. The molecule has 0 unspecified atom stereocenters. The van der Waals surface area contributed by atoms with Gasteiger partial charge in [-0.2, -0.15) is 0 Å². The Morgan fingerprint density at radius 2 is 0.771 bits per heavy atom. The molecule has 0 saturated carbocycles. The van der Waals surface area contributed by atoms with Gasteiger partial charge in [-0.1, -0.05) is 121 Å². The number of furan rings is 1.